The van der Waals surface area contributed by atoms with Gasteiger partial charge in [-0.2, -0.15) is 18.2 Å². The van der Waals surface area contributed by atoms with E-state index >= 15 is 0 Å². The molecule has 2 N–H and O–H groups in total. The first kappa shape index (κ1) is 22.7. The highest BCUT2D eigenvalue weighted by atomic mass is 32.1. The average Bonchev–Trinajstić information content (AvgIpc) is 3.31. The molecule has 3 aliphatic rings. The number of aromatic nitrogens is 3. The fourth-order valence-corrected chi connectivity index (χ4v) is 5.55. The van der Waals surface area contributed by atoms with Crippen molar-refractivity contribution in [3.05, 3.63) is 16.4 Å². The van der Waals surface area contributed by atoms with Gasteiger partial charge in [0.25, 0.3) is 0 Å². The lowest BCUT2D eigenvalue weighted by Crippen LogP contribution is -2.59. The molecule has 2 atom stereocenters. The van der Waals surface area contributed by atoms with Crippen molar-refractivity contribution in [2.24, 2.45) is 0 Å². The van der Waals surface area contributed by atoms with Crippen molar-refractivity contribution >= 4 is 34.6 Å². The molecule has 2 aromatic rings. The van der Waals surface area contributed by atoms with E-state index in [1.807, 2.05) is 0 Å². The highest BCUT2D eigenvalue weighted by Gasteiger charge is 2.67. The minimum Gasteiger partial charge on any atom is -0.450 e. The van der Waals surface area contributed by atoms with E-state index in [0.717, 1.165) is 10.6 Å². The van der Waals surface area contributed by atoms with Gasteiger partial charge < -0.3 is 24.4 Å². The number of piperazine rings is 1. The van der Waals surface area contributed by atoms with Crippen LogP contribution in [-0.4, -0.2) is 71.1 Å². The number of fused-ring (bicyclic) bond motifs is 4. The Bertz CT molecular complexity index is 1120. The smallest absolute Gasteiger partial charge is 0.409 e. The number of ether oxygens (including phenoxy) is 1. The van der Waals surface area contributed by atoms with Gasteiger partial charge in [0.15, 0.2) is 11.0 Å². The summed E-state index contributed by atoms with van der Waals surface area (Å²) in [6.07, 6.45) is -4.72. The molecule has 3 amide bonds. The third-order valence-corrected chi connectivity index (χ3v) is 7.46. The van der Waals surface area contributed by atoms with Gasteiger partial charge in [0.05, 0.1) is 29.3 Å². The van der Waals surface area contributed by atoms with Gasteiger partial charge in [-0.05, 0) is 19.8 Å². The van der Waals surface area contributed by atoms with Gasteiger partial charge in [-0.25, -0.2) is 14.6 Å². The van der Waals surface area contributed by atoms with Crippen molar-refractivity contribution < 1.29 is 32.0 Å². The van der Waals surface area contributed by atoms with Crippen LogP contribution in [0.15, 0.2) is 4.52 Å². The predicted octanol–water partition coefficient (Wildman–Crippen LogP) is 2.82. The number of amides is 3. The first-order valence-corrected chi connectivity index (χ1v) is 11.6. The van der Waals surface area contributed by atoms with E-state index in [1.165, 1.54) is 18.4 Å². The lowest BCUT2D eigenvalue weighted by molar-refractivity contribution is -0.162. The summed E-state index contributed by atoms with van der Waals surface area (Å²) < 4.78 is 51.2. The van der Waals surface area contributed by atoms with Crippen molar-refractivity contribution in [2.45, 2.75) is 49.9 Å². The van der Waals surface area contributed by atoms with E-state index in [4.69, 9.17) is 9.26 Å². The number of nitrogens with zero attached hydrogens (tertiary/aromatic N) is 5. The van der Waals surface area contributed by atoms with Gasteiger partial charge in [0.2, 0.25) is 0 Å². The first-order valence-electron chi connectivity index (χ1n) is 10.8. The second kappa shape index (κ2) is 7.99. The molecule has 2 bridgehead atoms. The molecule has 2 unspecified atom stereocenters. The molecule has 1 saturated heterocycles. The number of urea groups is 1. The second-order valence-corrected chi connectivity index (χ2v) is 9.43. The Morgan fingerprint density at radius 1 is 1.29 bits per heavy atom. The Kier molecular flexibility index (Phi) is 5.33. The van der Waals surface area contributed by atoms with Crippen LogP contribution in [0.2, 0.25) is 0 Å². The van der Waals surface area contributed by atoms with Crippen LogP contribution in [0.3, 0.4) is 0 Å². The van der Waals surface area contributed by atoms with Crippen molar-refractivity contribution in [1.82, 2.24) is 25.3 Å². The van der Waals surface area contributed by atoms with Crippen molar-refractivity contribution in [2.75, 3.05) is 37.0 Å². The van der Waals surface area contributed by atoms with E-state index < -0.39 is 29.8 Å². The van der Waals surface area contributed by atoms with Gasteiger partial charge in [-0.3, -0.25) is 5.32 Å². The Hall–Kier alpha value is -3.10. The van der Waals surface area contributed by atoms with Crippen LogP contribution in [0, 0.1) is 0 Å². The molecular formula is C19H22F3N7O4S. The number of carbonyl (C=O) groups is 2. The van der Waals surface area contributed by atoms with Crippen molar-refractivity contribution in [3.8, 4) is 0 Å². The van der Waals surface area contributed by atoms with Crippen LogP contribution < -0.4 is 15.5 Å². The van der Waals surface area contributed by atoms with Gasteiger partial charge in [-0.15, -0.1) is 0 Å². The Morgan fingerprint density at radius 3 is 2.71 bits per heavy atom. The van der Waals surface area contributed by atoms with Crippen molar-refractivity contribution in [1.29, 1.82) is 0 Å². The monoisotopic (exact) mass is 501 g/mol. The molecule has 0 spiro atoms. The van der Waals surface area contributed by atoms with E-state index in [1.54, 1.807) is 16.7 Å². The van der Waals surface area contributed by atoms with E-state index in [2.05, 4.69) is 25.8 Å². The standard InChI is InChI=1S/C19H22F3N7O4S/c1-3-32-17(31)28-7-9-6-10-12(34-15(24-10)26-14(30)23-2)11(8-28)29(9)16-25-13(27-33-16)18(4-5-18)19(20,21)22/h9,11H,3-8H2,1-2H3,(H2,23,24,26,30). The molecule has 1 saturated carbocycles. The summed E-state index contributed by atoms with van der Waals surface area (Å²) in [5.74, 6) is -0.368. The first-order chi connectivity index (χ1) is 16.2. The van der Waals surface area contributed by atoms with Crippen LogP contribution >= 0.6 is 11.3 Å². The normalized spacial score (nSPS) is 22.7. The zero-order chi connectivity index (χ0) is 24.3. The number of anilines is 2. The average molecular weight is 501 g/mol. The summed E-state index contributed by atoms with van der Waals surface area (Å²) in [6.45, 7) is 2.35. The van der Waals surface area contributed by atoms with Crippen LogP contribution in [0.4, 0.5) is 33.9 Å². The molecule has 2 aliphatic heterocycles. The van der Waals surface area contributed by atoms with Crippen LogP contribution in [0.5, 0.6) is 0 Å². The summed E-state index contributed by atoms with van der Waals surface area (Å²) in [6, 6.07) is -1.33. The fraction of sp³-hybridized carbons (Fsp3) is 0.632. The topological polar surface area (TPSA) is 126 Å². The van der Waals surface area contributed by atoms with Crippen molar-refractivity contribution in [3.63, 3.8) is 0 Å². The fourth-order valence-electron chi connectivity index (χ4n) is 4.47. The Labute approximate surface area is 195 Å². The summed E-state index contributed by atoms with van der Waals surface area (Å²) in [5, 5.41) is 9.16. The van der Waals surface area contributed by atoms with Gasteiger partial charge in [0, 0.05) is 26.6 Å². The van der Waals surface area contributed by atoms with Crippen LogP contribution in [0.25, 0.3) is 0 Å². The number of thiazole rings is 1. The molecule has 34 heavy (non-hydrogen) atoms. The largest absolute Gasteiger partial charge is 0.450 e. The summed E-state index contributed by atoms with van der Waals surface area (Å²) >= 11 is 1.23. The highest BCUT2D eigenvalue weighted by Crippen LogP contribution is 2.58. The molecule has 2 aromatic heterocycles. The van der Waals surface area contributed by atoms with Gasteiger partial charge >= 0.3 is 24.3 Å². The molecule has 15 heteroatoms. The third-order valence-electron chi connectivity index (χ3n) is 6.34. The zero-order valence-electron chi connectivity index (χ0n) is 18.3. The van der Waals surface area contributed by atoms with E-state index in [-0.39, 0.29) is 50.4 Å². The molecule has 11 nitrogen and oxygen atoms in total. The Balaban J connectivity index is 1.49. The molecule has 2 fully saturated rings. The number of alkyl halides is 3. The number of hydrogen-bond acceptors (Lipinski definition) is 9. The lowest BCUT2D eigenvalue weighted by atomic mass is 9.94. The molecule has 184 valence electrons. The van der Waals surface area contributed by atoms with E-state index in [9.17, 15) is 22.8 Å². The quantitative estimate of drug-likeness (QED) is 0.655. The minimum atomic E-state index is -4.46. The predicted molar refractivity (Wildman–Crippen MR) is 113 cm³/mol. The minimum absolute atomic E-state index is 0.0242. The molecule has 0 aromatic carbocycles. The zero-order valence-corrected chi connectivity index (χ0v) is 19.1. The van der Waals surface area contributed by atoms with E-state index in [0.29, 0.717) is 11.6 Å². The maximum Gasteiger partial charge on any atom is 0.409 e. The van der Waals surface area contributed by atoms with Crippen LogP contribution in [0.1, 0.15) is 42.2 Å². The second-order valence-electron chi connectivity index (χ2n) is 8.40. The molecule has 1 aliphatic carbocycles. The molecule has 0 radical (unpaired) electrons. The van der Waals surface area contributed by atoms with Gasteiger partial charge in [-0.1, -0.05) is 16.5 Å². The Morgan fingerprint density at radius 2 is 2.06 bits per heavy atom. The highest BCUT2D eigenvalue weighted by molar-refractivity contribution is 7.16. The SMILES string of the molecule is CCOC(=O)N1CC2Cc3nc(NC(=O)NC)sc3C(C1)N2c1nc(C2(C(F)(F)F)CC2)no1. The maximum absolute atomic E-state index is 13.6. The molecular weight excluding hydrogens is 479 g/mol. The van der Waals surface area contributed by atoms with Crippen LogP contribution in [-0.2, 0) is 16.6 Å². The number of rotatable bonds is 4. The maximum atomic E-state index is 13.6. The third kappa shape index (κ3) is 3.61. The molecule has 4 heterocycles. The summed E-state index contributed by atoms with van der Waals surface area (Å²) in [5.41, 5.74) is -1.31. The number of nitrogens with one attached hydrogen (secondary N) is 2. The number of halogens is 3. The number of carbonyl (C=O) groups excluding carboxylic acids is 2. The summed E-state index contributed by atoms with van der Waals surface area (Å²) in [7, 11) is 1.48. The summed E-state index contributed by atoms with van der Waals surface area (Å²) in [4.78, 5) is 37.0. The molecule has 5 rings (SSSR count). The van der Waals surface area contributed by atoms with Gasteiger partial charge in [0.1, 0.15) is 5.41 Å². The lowest BCUT2D eigenvalue weighted by Gasteiger charge is -2.47. The number of hydrogen-bond donors (Lipinski definition) is 2.